The Bertz CT molecular complexity index is 859. The summed E-state index contributed by atoms with van der Waals surface area (Å²) >= 11 is 0. The fraction of sp³-hybridized carbons (Fsp3) is 0.235. The third-order valence-corrected chi connectivity index (χ3v) is 3.98. The number of hydrogen-bond acceptors (Lipinski definition) is 3. The molecular weight excluding hydrogens is 470 g/mol. The van der Waals surface area contributed by atoms with Crippen molar-refractivity contribution in [1.82, 2.24) is 10.6 Å². The molecular formula is C17H22FIN4O2S. The number of nitrogens with one attached hydrogen (secondary N) is 3. The molecule has 0 spiro atoms. The van der Waals surface area contributed by atoms with Crippen LogP contribution in [0.3, 0.4) is 0 Å². The van der Waals surface area contributed by atoms with E-state index < -0.39 is 10.0 Å². The molecule has 0 saturated heterocycles. The normalized spacial score (nSPS) is 11.4. The van der Waals surface area contributed by atoms with Gasteiger partial charge in [-0.2, -0.15) is 0 Å². The SMILES string of the molecule is CN=C(NCc1ccccc1F)NCc1ccccc1NS(C)(=O)=O.I. The molecule has 0 unspecified atom stereocenters. The van der Waals surface area contributed by atoms with Gasteiger partial charge in [-0.25, -0.2) is 12.8 Å². The maximum Gasteiger partial charge on any atom is 0.229 e. The van der Waals surface area contributed by atoms with E-state index in [-0.39, 0.29) is 36.3 Å². The van der Waals surface area contributed by atoms with Gasteiger partial charge in [0.2, 0.25) is 10.0 Å². The van der Waals surface area contributed by atoms with Gasteiger partial charge in [0.05, 0.1) is 11.9 Å². The van der Waals surface area contributed by atoms with Crippen LogP contribution >= 0.6 is 24.0 Å². The van der Waals surface area contributed by atoms with Crippen LogP contribution in [0.4, 0.5) is 10.1 Å². The lowest BCUT2D eigenvalue weighted by Gasteiger charge is -2.15. The molecule has 0 bridgehead atoms. The number of hydrogen-bond donors (Lipinski definition) is 3. The molecule has 0 heterocycles. The van der Waals surface area contributed by atoms with E-state index in [1.165, 1.54) is 6.07 Å². The molecule has 6 nitrogen and oxygen atoms in total. The Labute approximate surface area is 170 Å². The van der Waals surface area contributed by atoms with Crippen LogP contribution in [0.5, 0.6) is 0 Å². The van der Waals surface area contributed by atoms with Gasteiger partial charge in [-0.1, -0.05) is 36.4 Å². The first-order chi connectivity index (χ1) is 11.9. The van der Waals surface area contributed by atoms with E-state index in [9.17, 15) is 12.8 Å². The first-order valence-corrected chi connectivity index (χ1v) is 9.52. The summed E-state index contributed by atoms with van der Waals surface area (Å²) in [5.74, 6) is 0.200. The molecule has 2 rings (SSSR count). The molecule has 2 aromatic rings. The van der Waals surface area contributed by atoms with Crippen molar-refractivity contribution in [1.29, 1.82) is 0 Å². The Morgan fingerprint density at radius 2 is 1.54 bits per heavy atom. The van der Waals surface area contributed by atoms with Gasteiger partial charge in [0, 0.05) is 25.7 Å². The maximum atomic E-state index is 13.6. The summed E-state index contributed by atoms with van der Waals surface area (Å²) in [6.45, 7) is 0.644. The van der Waals surface area contributed by atoms with Crippen LogP contribution in [-0.4, -0.2) is 27.7 Å². The molecule has 142 valence electrons. The average Bonchev–Trinajstić information content (AvgIpc) is 2.56. The third kappa shape index (κ3) is 7.16. The molecule has 0 aliphatic rings. The van der Waals surface area contributed by atoms with Crippen LogP contribution in [0.15, 0.2) is 53.5 Å². The highest BCUT2D eigenvalue weighted by Gasteiger charge is 2.08. The lowest BCUT2D eigenvalue weighted by molar-refractivity contribution is 0.604. The van der Waals surface area contributed by atoms with Crippen molar-refractivity contribution < 1.29 is 12.8 Å². The van der Waals surface area contributed by atoms with E-state index in [2.05, 4.69) is 20.3 Å². The number of guanidine groups is 1. The van der Waals surface area contributed by atoms with Crippen LogP contribution in [0, 0.1) is 5.82 Å². The van der Waals surface area contributed by atoms with E-state index in [1.54, 1.807) is 37.4 Å². The second-order valence-corrected chi connectivity index (χ2v) is 7.15. The fourth-order valence-electron chi connectivity index (χ4n) is 2.19. The minimum absolute atomic E-state index is 0. The number of rotatable bonds is 6. The number of aliphatic imine (C=N–C) groups is 1. The maximum absolute atomic E-state index is 13.6. The highest BCUT2D eigenvalue weighted by atomic mass is 127. The van der Waals surface area contributed by atoms with Crippen molar-refractivity contribution in [3.8, 4) is 0 Å². The first kappa shape index (κ1) is 22.2. The topological polar surface area (TPSA) is 82.6 Å². The van der Waals surface area contributed by atoms with Gasteiger partial charge in [0.1, 0.15) is 5.82 Å². The van der Waals surface area contributed by atoms with Crippen molar-refractivity contribution in [2.24, 2.45) is 4.99 Å². The van der Waals surface area contributed by atoms with E-state index in [0.717, 1.165) is 11.8 Å². The van der Waals surface area contributed by atoms with Crippen molar-refractivity contribution in [3.63, 3.8) is 0 Å². The van der Waals surface area contributed by atoms with E-state index >= 15 is 0 Å². The van der Waals surface area contributed by atoms with E-state index in [4.69, 9.17) is 0 Å². The van der Waals surface area contributed by atoms with Crippen molar-refractivity contribution in [2.45, 2.75) is 13.1 Å². The zero-order valence-electron chi connectivity index (χ0n) is 14.5. The third-order valence-electron chi connectivity index (χ3n) is 3.39. The van der Waals surface area contributed by atoms with Gasteiger partial charge in [-0.15, -0.1) is 24.0 Å². The summed E-state index contributed by atoms with van der Waals surface area (Å²) in [5.41, 5.74) is 1.80. The molecule has 2 aromatic carbocycles. The molecule has 0 saturated carbocycles. The van der Waals surface area contributed by atoms with Gasteiger partial charge in [0.25, 0.3) is 0 Å². The minimum Gasteiger partial charge on any atom is -0.352 e. The predicted molar refractivity (Wildman–Crippen MR) is 114 cm³/mol. The smallest absolute Gasteiger partial charge is 0.229 e. The summed E-state index contributed by atoms with van der Waals surface area (Å²) in [6.07, 6.45) is 1.10. The Hall–Kier alpha value is -1.88. The Balaban J connectivity index is 0.00000338. The lowest BCUT2D eigenvalue weighted by atomic mass is 10.2. The zero-order chi connectivity index (χ0) is 18.3. The monoisotopic (exact) mass is 492 g/mol. The fourth-order valence-corrected chi connectivity index (χ4v) is 2.79. The van der Waals surface area contributed by atoms with Gasteiger partial charge < -0.3 is 10.6 Å². The van der Waals surface area contributed by atoms with Crippen molar-refractivity contribution >= 4 is 45.6 Å². The van der Waals surface area contributed by atoms with Gasteiger partial charge in [0.15, 0.2) is 5.96 Å². The molecule has 26 heavy (non-hydrogen) atoms. The second kappa shape index (κ2) is 10.3. The minimum atomic E-state index is -3.36. The quantitative estimate of drug-likeness (QED) is 0.329. The molecule has 9 heteroatoms. The predicted octanol–water partition coefficient (Wildman–Crippen LogP) is 2.68. The van der Waals surface area contributed by atoms with Crippen LogP contribution in [0.1, 0.15) is 11.1 Å². The van der Waals surface area contributed by atoms with E-state index in [0.29, 0.717) is 23.8 Å². The van der Waals surface area contributed by atoms with Crippen LogP contribution in [0.2, 0.25) is 0 Å². The summed E-state index contributed by atoms with van der Waals surface area (Å²) in [5, 5.41) is 6.11. The number of para-hydroxylation sites is 1. The van der Waals surface area contributed by atoms with E-state index in [1.807, 2.05) is 12.1 Å². The molecule has 0 radical (unpaired) electrons. The number of sulfonamides is 1. The zero-order valence-corrected chi connectivity index (χ0v) is 17.6. The molecule has 0 aliphatic heterocycles. The molecule has 3 N–H and O–H groups in total. The molecule has 0 aliphatic carbocycles. The number of halogens is 2. The Morgan fingerprint density at radius 3 is 2.12 bits per heavy atom. The highest BCUT2D eigenvalue weighted by molar-refractivity contribution is 14.0. The summed E-state index contributed by atoms with van der Waals surface area (Å²) in [6, 6.07) is 13.6. The summed E-state index contributed by atoms with van der Waals surface area (Å²) < 4.78 is 39.0. The molecule has 0 aromatic heterocycles. The molecule has 0 fully saturated rings. The highest BCUT2D eigenvalue weighted by Crippen LogP contribution is 2.15. The average molecular weight is 492 g/mol. The second-order valence-electron chi connectivity index (χ2n) is 5.40. The largest absolute Gasteiger partial charge is 0.352 e. The Kier molecular flexibility index (Phi) is 8.79. The number of anilines is 1. The van der Waals surface area contributed by atoms with Gasteiger partial charge >= 0.3 is 0 Å². The van der Waals surface area contributed by atoms with Crippen LogP contribution in [0.25, 0.3) is 0 Å². The van der Waals surface area contributed by atoms with Crippen LogP contribution < -0.4 is 15.4 Å². The molecule has 0 atom stereocenters. The summed E-state index contributed by atoms with van der Waals surface area (Å²) in [4.78, 5) is 4.09. The van der Waals surface area contributed by atoms with Crippen LogP contribution in [-0.2, 0) is 23.1 Å². The number of nitrogens with zero attached hydrogens (tertiary/aromatic N) is 1. The first-order valence-electron chi connectivity index (χ1n) is 7.62. The van der Waals surface area contributed by atoms with Crippen molar-refractivity contribution in [2.75, 3.05) is 18.0 Å². The molecule has 0 amide bonds. The standard InChI is InChI=1S/C17H21FN4O2S.HI/c1-19-17(20-11-13-7-3-5-9-15(13)18)21-12-14-8-4-6-10-16(14)22-25(2,23)24;/h3-10,22H,11-12H2,1-2H3,(H2,19,20,21);1H. The summed E-state index contributed by atoms with van der Waals surface area (Å²) in [7, 11) is -1.75. The van der Waals surface area contributed by atoms with Gasteiger partial charge in [-0.3, -0.25) is 9.71 Å². The number of benzene rings is 2. The van der Waals surface area contributed by atoms with Gasteiger partial charge in [-0.05, 0) is 17.7 Å². The Morgan fingerprint density at radius 1 is 1.00 bits per heavy atom. The van der Waals surface area contributed by atoms with Crippen molar-refractivity contribution in [3.05, 3.63) is 65.5 Å². The lowest BCUT2D eigenvalue weighted by Crippen LogP contribution is -2.36.